The largest absolute Gasteiger partial charge is 0.364 e. The van der Waals surface area contributed by atoms with Crippen LogP contribution in [-0.4, -0.2) is 78.7 Å². The van der Waals surface area contributed by atoms with E-state index in [1.807, 2.05) is 24.5 Å². The van der Waals surface area contributed by atoms with Crippen LogP contribution in [0.3, 0.4) is 0 Å². The molecule has 0 saturated carbocycles. The van der Waals surface area contributed by atoms with Crippen LogP contribution in [0, 0.1) is 0 Å². The number of hydrogen-bond acceptors (Lipinski definition) is 6. The predicted octanol–water partition coefficient (Wildman–Crippen LogP) is 1.49. The smallest absolute Gasteiger partial charge is 0.193 e. The van der Waals surface area contributed by atoms with Crippen LogP contribution in [0.5, 0.6) is 0 Å². The van der Waals surface area contributed by atoms with Crippen molar-refractivity contribution < 1.29 is 4.52 Å². The number of nitrogens with zero attached hydrogens (tertiary/aromatic N) is 5. The van der Waals surface area contributed by atoms with Crippen LogP contribution in [0.1, 0.15) is 16.1 Å². The number of guanidine groups is 1. The van der Waals surface area contributed by atoms with Crippen LogP contribution in [0.2, 0.25) is 0 Å². The van der Waals surface area contributed by atoms with Gasteiger partial charge in [0.15, 0.2) is 5.96 Å². The van der Waals surface area contributed by atoms with Crippen molar-refractivity contribution in [3.8, 4) is 0 Å². The van der Waals surface area contributed by atoms with Gasteiger partial charge >= 0.3 is 0 Å². The monoisotopic (exact) mass is 388 g/mol. The van der Waals surface area contributed by atoms with E-state index in [-0.39, 0.29) is 0 Å². The predicted molar refractivity (Wildman–Crippen MR) is 108 cm³/mol. The summed E-state index contributed by atoms with van der Waals surface area (Å²) in [6.07, 6.45) is 2.83. The summed E-state index contributed by atoms with van der Waals surface area (Å²) in [4.78, 5) is 13.4. The number of aliphatic imine (C=N–C) groups is 1. The van der Waals surface area contributed by atoms with Crippen molar-refractivity contribution in [1.29, 1.82) is 0 Å². The third-order valence-electron chi connectivity index (χ3n) is 5.36. The van der Waals surface area contributed by atoms with E-state index in [2.05, 4.69) is 41.6 Å². The van der Waals surface area contributed by atoms with Crippen molar-refractivity contribution in [2.24, 2.45) is 4.99 Å². The number of hydrogen-bond donors (Lipinski definition) is 1. The molecule has 4 rings (SSSR count). The van der Waals surface area contributed by atoms with Gasteiger partial charge in [-0.15, -0.1) is 11.3 Å². The maximum atomic E-state index is 4.92. The van der Waals surface area contributed by atoms with Crippen LogP contribution in [0.4, 0.5) is 0 Å². The highest BCUT2D eigenvalue weighted by Crippen LogP contribution is 2.23. The molecule has 1 fully saturated rings. The van der Waals surface area contributed by atoms with Crippen molar-refractivity contribution in [3.05, 3.63) is 39.9 Å². The second-order valence-electron chi connectivity index (χ2n) is 7.12. The molecule has 0 aromatic carbocycles. The summed E-state index contributed by atoms with van der Waals surface area (Å²) in [6.45, 7) is 9.09. The van der Waals surface area contributed by atoms with E-state index in [1.54, 1.807) is 11.1 Å². The van der Waals surface area contributed by atoms with Gasteiger partial charge in [0.25, 0.3) is 0 Å². The van der Waals surface area contributed by atoms with Gasteiger partial charge < -0.3 is 14.7 Å². The molecule has 0 aliphatic carbocycles. The highest BCUT2D eigenvalue weighted by molar-refractivity contribution is 7.10. The molecule has 1 saturated heterocycles. The summed E-state index contributed by atoms with van der Waals surface area (Å²) < 4.78 is 4.92. The Kier molecular flexibility index (Phi) is 6.06. The molecule has 0 atom stereocenters. The summed E-state index contributed by atoms with van der Waals surface area (Å²) in [7, 11) is 1.88. The first kappa shape index (κ1) is 18.5. The zero-order valence-electron chi connectivity index (χ0n) is 15.9. The molecule has 2 aliphatic heterocycles. The molecule has 146 valence electrons. The van der Waals surface area contributed by atoms with Gasteiger partial charge in [0, 0.05) is 76.9 Å². The molecular weight excluding hydrogens is 360 g/mol. The lowest BCUT2D eigenvalue weighted by atomic mass is 10.1. The Labute approximate surface area is 164 Å². The number of rotatable bonds is 5. The fraction of sp³-hybridized carbons (Fsp3) is 0.579. The molecule has 0 bridgehead atoms. The second kappa shape index (κ2) is 8.86. The summed E-state index contributed by atoms with van der Waals surface area (Å²) in [6, 6.07) is 4.21. The Morgan fingerprint density at radius 3 is 2.89 bits per heavy atom. The molecule has 0 spiro atoms. The SMILES string of the molecule is CN=C(NCCN1CCc2sccc2C1)N1CCN(Cc2ccon2)CC1. The van der Waals surface area contributed by atoms with E-state index >= 15 is 0 Å². The lowest BCUT2D eigenvalue weighted by Crippen LogP contribution is -2.53. The second-order valence-corrected chi connectivity index (χ2v) is 8.12. The quantitative estimate of drug-likeness (QED) is 0.619. The van der Waals surface area contributed by atoms with Crippen molar-refractivity contribution in [2.75, 3.05) is 52.9 Å². The van der Waals surface area contributed by atoms with Gasteiger partial charge in [-0.05, 0) is 23.4 Å². The van der Waals surface area contributed by atoms with Crippen LogP contribution >= 0.6 is 11.3 Å². The fourth-order valence-corrected chi connectivity index (χ4v) is 4.71. The third-order valence-corrected chi connectivity index (χ3v) is 6.38. The lowest BCUT2D eigenvalue weighted by molar-refractivity contribution is 0.168. The number of piperazine rings is 1. The standard InChI is InChI=1S/C19H28N6OS/c1-20-19(21-5-7-23-6-2-18-16(14-23)4-13-27-18)25-10-8-24(9-11-25)15-17-3-12-26-22-17/h3-4,12-13H,2,5-11,14-15H2,1H3,(H,20,21). The minimum atomic E-state index is 0.857. The third kappa shape index (κ3) is 4.69. The number of thiophene rings is 1. The van der Waals surface area contributed by atoms with Gasteiger partial charge in [0.2, 0.25) is 0 Å². The van der Waals surface area contributed by atoms with Crippen LogP contribution in [0.15, 0.2) is 33.3 Å². The van der Waals surface area contributed by atoms with Gasteiger partial charge in [-0.2, -0.15) is 0 Å². The highest BCUT2D eigenvalue weighted by atomic mass is 32.1. The molecule has 2 aromatic rings. The molecule has 2 aliphatic rings. The molecule has 0 unspecified atom stereocenters. The molecule has 7 nitrogen and oxygen atoms in total. The molecule has 1 N–H and O–H groups in total. The van der Waals surface area contributed by atoms with E-state index < -0.39 is 0 Å². The van der Waals surface area contributed by atoms with Gasteiger partial charge in [-0.25, -0.2) is 0 Å². The van der Waals surface area contributed by atoms with E-state index in [0.29, 0.717) is 0 Å². The Hall–Kier alpha value is -1.90. The van der Waals surface area contributed by atoms with Crippen molar-refractivity contribution in [3.63, 3.8) is 0 Å². The Bertz CT molecular complexity index is 735. The Morgan fingerprint density at radius 1 is 1.22 bits per heavy atom. The average molecular weight is 389 g/mol. The maximum absolute atomic E-state index is 4.92. The molecule has 4 heterocycles. The zero-order valence-corrected chi connectivity index (χ0v) is 16.7. The van der Waals surface area contributed by atoms with Gasteiger partial charge in [0.05, 0.1) is 5.69 Å². The first-order valence-electron chi connectivity index (χ1n) is 9.66. The average Bonchev–Trinajstić information content (AvgIpc) is 3.37. The van der Waals surface area contributed by atoms with Gasteiger partial charge in [-0.1, -0.05) is 5.16 Å². The highest BCUT2D eigenvalue weighted by Gasteiger charge is 2.21. The topological polar surface area (TPSA) is 60.1 Å². The van der Waals surface area contributed by atoms with E-state index in [1.165, 1.54) is 12.0 Å². The first-order valence-corrected chi connectivity index (χ1v) is 10.5. The number of nitrogens with one attached hydrogen (secondary N) is 1. The summed E-state index contributed by atoms with van der Waals surface area (Å²) in [5.41, 5.74) is 2.51. The van der Waals surface area contributed by atoms with Crippen LogP contribution in [-0.2, 0) is 19.5 Å². The zero-order chi connectivity index (χ0) is 18.5. The lowest BCUT2D eigenvalue weighted by Gasteiger charge is -2.36. The minimum absolute atomic E-state index is 0.857. The molecule has 2 aromatic heterocycles. The minimum Gasteiger partial charge on any atom is -0.364 e. The van der Waals surface area contributed by atoms with Crippen molar-refractivity contribution in [1.82, 2.24) is 25.2 Å². The normalized spacial score (nSPS) is 19.3. The molecule has 0 radical (unpaired) electrons. The van der Waals surface area contributed by atoms with E-state index in [0.717, 1.165) is 70.6 Å². The number of aromatic nitrogens is 1. The molecule has 8 heteroatoms. The summed E-state index contributed by atoms with van der Waals surface area (Å²) >= 11 is 1.90. The molecule has 27 heavy (non-hydrogen) atoms. The Balaban J connectivity index is 1.19. The summed E-state index contributed by atoms with van der Waals surface area (Å²) in [5.74, 6) is 1.02. The Morgan fingerprint density at radius 2 is 2.11 bits per heavy atom. The van der Waals surface area contributed by atoms with Gasteiger partial charge in [-0.3, -0.25) is 14.8 Å². The molecular formula is C19H28N6OS. The van der Waals surface area contributed by atoms with Crippen LogP contribution in [0.25, 0.3) is 0 Å². The number of fused-ring (bicyclic) bond motifs is 1. The van der Waals surface area contributed by atoms with Crippen LogP contribution < -0.4 is 5.32 Å². The van der Waals surface area contributed by atoms with Crippen molar-refractivity contribution >= 4 is 17.3 Å². The molecule has 0 amide bonds. The van der Waals surface area contributed by atoms with E-state index in [9.17, 15) is 0 Å². The van der Waals surface area contributed by atoms with E-state index in [4.69, 9.17) is 4.52 Å². The maximum Gasteiger partial charge on any atom is 0.193 e. The van der Waals surface area contributed by atoms with Crippen molar-refractivity contribution in [2.45, 2.75) is 19.5 Å². The fourth-order valence-electron chi connectivity index (χ4n) is 3.82. The first-order chi connectivity index (χ1) is 13.3. The van der Waals surface area contributed by atoms with Gasteiger partial charge in [0.1, 0.15) is 6.26 Å². The summed E-state index contributed by atoms with van der Waals surface area (Å²) in [5, 5.41) is 9.78.